The van der Waals surface area contributed by atoms with E-state index in [0.717, 1.165) is 0 Å². The average molecular weight is 662 g/mol. The maximum absolute atomic E-state index is 6.82. The van der Waals surface area contributed by atoms with Gasteiger partial charge in [0.25, 0.3) is 0 Å². The van der Waals surface area contributed by atoms with E-state index >= 15 is 0 Å². The monoisotopic (exact) mass is 661 g/mol. The molecule has 0 saturated carbocycles. The number of rotatable bonds is 10. The van der Waals surface area contributed by atoms with Crippen molar-refractivity contribution in [2.75, 3.05) is 28.7 Å². The van der Waals surface area contributed by atoms with E-state index in [9.17, 15) is 0 Å². The maximum atomic E-state index is 6.72. The van der Waals surface area contributed by atoms with Crippen molar-refractivity contribution in [3.05, 3.63) is 121 Å². The summed E-state index contributed by atoms with van der Waals surface area (Å²) in [4.78, 5) is 0. The van der Waals surface area contributed by atoms with Crippen LogP contribution in [0.25, 0.3) is 0 Å². The fourth-order valence-electron chi connectivity index (χ4n) is 3.81. The summed E-state index contributed by atoms with van der Waals surface area (Å²) in [5.41, 5.74) is 33.1. The van der Waals surface area contributed by atoms with Gasteiger partial charge in [0.2, 0.25) is 0 Å². The van der Waals surface area contributed by atoms with Crippen molar-refractivity contribution in [3.8, 4) is 28.7 Å². The number of nitrogen functional groups attached to an aromatic ring is 5. The normalized spacial score (nSPS) is 12.0. The van der Waals surface area contributed by atoms with Gasteiger partial charge in [-0.25, -0.2) is 0 Å². The molecule has 41 heavy (non-hydrogen) atoms. The third-order valence-corrected chi connectivity index (χ3v) is 12.9. The van der Waals surface area contributed by atoms with Gasteiger partial charge < -0.3 is 0 Å². The van der Waals surface area contributed by atoms with E-state index in [1.807, 2.05) is 0 Å². The first-order valence-corrected chi connectivity index (χ1v) is 17.7. The number of hydrogen-bond acceptors (Lipinski definition) is 10. The Balaban J connectivity index is 1.87. The van der Waals surface area contributed by atoms with Crippen LogP contribution >= 0.6 is 0 Å². The quantitative estimate of drug-likeness (QED) is 0.0990. The molecule has 0 aromatic heterocycles. The number of benzene rings is 5. The van der Waals surface area contributed by atoms with E-state index in [4.69, 9.17) is 43.7 Å². The van der Waals surface area contributed by atoms with Gasteiger partial charge in [0.1, 0.15) is 0 Å². The van der Waals surface area contributed by atoms with Gasteiger partial charge in [-0.1, -0.05) is 0 Å². The van der Waals surface area contributed by atoms with Crippen LogP contribution in [0.1, 0.15) is 0 Å². The van der Waals surface area contributed by atoms with E-state index in [2.05, 4.69) is 0 Å². The molecule has 0 bridgehead atoms. The van der Waals surface area contributed by atoms with E-state index in [-0.39, 0.29) is 57.2 Å². The Morgan fingerprint density at radius 1 is 0.293 bits per heavy atom. The molecular formula is C30H30N5O5Sb. The van der Waals surface area contributed by atoms with Gasteiger partial charge in [0.05, 0.1) is 0 Å². The number of nitrogens with two attached hydrogens (primary N) is 5. The van der Waals surface area contributed by atoms with E-state index in [1.54, 1.807) is 121 Å². The molecule has 0 radical (unpaired) electrons. The van der Waals surface area contributed by atoms with Crippen molar-refractivity contribution in [2.45, 2.75) is 0 Å². The van der Waals surface area contributed by atoms with Crippen LogP contribution in [-0.4, -0.2) is 19.5 Å². The van der Waals surface area contributed by atoms with Crippen molar-refractivity contribution in [1.29, 1.82) is 0 Å². The van der Waals surface area contributed by atoms with Crippen LogP contribution in [0.15, 0.2) is 121 Å². The molecule has 5 aromatic carbocycles. The van der Waals surface area contributed by atoms with Gasteiger partial charge in [-0.3, -0.25) is 0 Å². The molecule has 0 aliphatic heterocycles. The molecule has 10 N–H and O–H groups in total. The second-order valence-electron chi connectivity index (χ2n) is 8.89. The first-order chi connectivity index (χ1) is 19.8. The van der Waals surface area contributed by atoms with Crippen LogP contribution in [-0.2, 0) is 0 Å². The SMILES string of the molecule is Nc1ccccc1[O][Sb]([O]c1ccccc1N)([O]c1ccccc1N)([O]c1ccccc1N)[O]c1ccccc1N. The Morgan fingerprint density at radius 3 is 0.634 bits per heavy atom. The number of para-hydroxylation sites is 10. The Morgan fingerprint density at radius 2 is 0.463 bits per heavy atom. The minimum atomic E-state index is -6.82. The molecule has 0 unspecified atom stereocenters. The van der Waals surface area contributed by atoms with Crippen LogP contribution in [0.3, 0.4) is 0 Å². The molecular weight excluding hydrogens is 632 g/mol. The molecule has 5 rings (SSSR count). The molecule has 0 heterocycles. The predicted octanol–water partition coefficient (Wildman–Crippen LogP) is 5.18. The fraction of sp³-hybridized carbons (Fsp3) is 0. The number of anilines is 5. The summed E-state index contributed by atoms with van der Waals surface area (Å²) in [6.07, 6.45) is 0. The molecule has 0 atom stereocenters. The molecule has 0 aliphatic rings. The number of hydrogen-bond donors (Lipinski definition) is 5. The Labute approximate surface area is 241 Å². The van der Waals surface area contributed by atoms with Gasteiger partial charge in [-0.15, -0.1) is 0 Å². The van der Waals surface area contributed by atoms with Crippen molar-refractivity contribution < 1.29 is 15.1 Å². The molecule has 0 saturated heterocycles. The summed E-state index contributed by atoms with van der Waals surface area (Å²) in [5.74, 6) is 0.775. The summed E-state index contributed by atoms with van der Waals surface area (Å²) in [7, 11) is 0. The van der Waals surface area contributed by atoms with Crippen molar-refractivity contribution in [2.24, 2.45) is 0 Å². The fourth-order valence-corrected chi connectivity index (χ4v) is 11.8. The zero-order chi connectivity index (χ0) is 28.9. The zero-order valence-corrected chi connectivity index (χ0v) is 24.5. The Kier molecular flexibility index (Phi) is 7.50. The van der Waals surface area contributed by atoms with Crippen molar-refractivity contribution in [3.63, 3.8) is 0 Å². The Bertz CT molecular complexity index is 1390. The van der Waals surface area contributed by atoms with Gasteiger partial charge in [0, 0.05) is 0 Å². The molecule has 0 aliphatic carbocycles. The molecule has 0 amide bonds. The van der Waals surface area contributed by atoms with Gasteiger partial charge in [0.15, 0.2) is 0 Å². The topological polar surface area (TPSA) is 176 Å². The first kappa shape index (κ1) is 27.5. The molecule has 5 aromatic rings. The molecule has 0 fully saturated rings. The second kappa shape index (κ2) is 11.2. The standard InChI is InChI=1S/5C6H7NO.Sb/c5*7-5-3-1-2-4-6(5)8;/h5*1-4,8H,7H2;/q;;;;;+5/p-5. The van der Waals surface area contributed by atoms with E-state index in [1.165, 1.54) is 0 Å². The minimum absolute atomic E-state index is 0.155. The van der Waals surface area contributed by atoms with Crippen LogP contribution < -0.4 is 43.7 Å². The summed E-state index contributed by atoms with van der Waals surface area (Å²) >= 11 is -6.82. The van der Waals surface area contributed by atoms with Crippen LogP contribution in [0.2, 0.25) is 0 Å². The van der Waals surface area contributed by atoms with Crippen LogP contribution in [0.4, 0.5) is 28.4 Å². The average Bonchev–Trinajstić information content (AvgIpc) is 2.96. The zero-order valence-electron chi connectivity index (χ0n) is 21.9. The summed E-state index contributed by atoms with van der Waals surface area (Å²) < 4.78 is 33.6. The molecule has 11 heteroatoms. The first-order valence-electron chi connectivity index (χ1n) is 12.5. The van der Waals surface area contributed by atoms with E-state index in [0.29, 0.717) is 0 Å². The molecule has 210 valence electrons. The van der Waals surface area contributed by atoms with Crippen LogP contribution in [0, 0.1) is 0 Å². The van der Waals surface area contributed by atoms with Crippen LogP contribution in [0.5, 0.6) is 28.7 Å². The summed E-state index contributed by atoms with van der Waals surface area (Å²) in [6, 6.07) is 33.8. The predicted molar refractivity (Wildman–Crippen MR) is 163 cm³/mol. The van der Waals surface area contributed by atoms with Gasteiger partial charge >= 0.3 is 242 Å². The summed E-state index contributed by atoms with van der Waals surface area (Å²) in [5, 5.41) is 0. The van der Waals surface area contributed by atoms with E-state index < -0.39 is 19.5 Å². The second-order valence-corrected chi connectivity index (χ2v) is 15.8. The Hall–Kier alpha value is -5.08. The van der Waals surface area contributed by atoms with Crippen molar-refractivity contribution >= 4 is 47.9 Å². The van der Waals surface area contributed by atoms with Gasteiger partial charge in [-0.05, 0) is 0 Å². The van der Waals surface area contributed by atoms with Gasteiger partial charge in [-0.2, -0.15) is 0 Å². The third-order valence-electron chi connectivity index (χ3n) is 5.83. The molecule has 10 nitrogen and oxygen atoms in total. The third kappa shape index (κ3) is 5.92. The molecule has 0 spiro atoms. The van der Waals surface area contributed by atoms with Crippen molar-refractivity contribution in [1.82, 2.24) is 0 Å². The summed E-state index contributed by atoms with van der Waals surface area (Å²) in [6.45, 7) is 0.